The standard InChI is InChI=1S/C8H17N3/c1-4-9-7-8-10(5-2)11(9)6-3/h7-8H,4-6H2,1-3H3. The summed E-state index contributed by atoms with van der Waals surface area (Å²) in [4.78, 5) is 0. The van der Waals surface area contributed by atoms with Crippen molar-refractivity contribution in [3.63, 3.8) is 0 Å². The molecule has 0 atom stereocenters. The maximum atomic E-state index is 2.24. The molecule has 0 amide bonds. The van der Waals surface area contributed by atoms with Crippen molar-refractivity contribution in [2.45, 2.75) is 20.8 Å². The predicted octanol–water partition coefficient (Wildman–Crippen LogP) is 1.27. The maximum Gasteiger partial charge on any atom is 0.0364 e. The third kappa shape index (κ3) is 1.48. The van der Waals surface area contributed by atoms with Crippen LogP contribution in [0.2, 0.25) is 0 Å². The van der Waals surface area contributed by atoms with Crippen LogP contribution in [0.15, 0.2) is 12.4 Å². The van der Waals surface area contributed by atoms with Crippen LogP contribution in [0.3, 0.4) is 0 Å². The number of hydrogen-bond donors (Lipinski definition) is 0. The van der Waals surface area contributed by atoms with Gasteiger partial charge in [0.15, 0.2) is 0 Å². The van der Waals surface area contributed by atoms with Crippen LogP contribution in [0.4, 0.5) is 0 Å². The molecular weight excluding hydrogens is 138 g/mol. The first-order valence-electron chi connectivity index (χ1n) is 4.32. The van der Waals surface area contributed by atoms with Gasteiger partial charge < -0.3 is 0 Å². The molecule has 0 N–H and O–H groups in total. The van der Waals surface area contributed by atoms with Crippen LogP contribution >= 0.6 is 0 Å². The van der Waals surface area contributed by atoms with Crippen molar-refractivity contribution < 1.29 is 0 Å². The van der Waals surface area contributed by atoms with Crippen molar-refractivity contribution >= 4 is 0 Å². The first kappa shape index (κ1) is 8.40. The van der Waals surface area contributed by atoms with Crippen molar-refractivity contribution in [1.29, 1.82) is 0 Å². The molecule has 0 aromatic rings. The Hall–Kier alpha value is -0.700. The zero-order chi connectivity index (χ0) is 8.27. The van der Waals surface area contributed by atoms with E-state index in [1.807, 2.05) is 0 Å². The number of hydrazine groups is 2. The average Bonchev–Trinajstić information content (AvgIpc) is 2.45. The van der Waals surface area contributed by atoms with Crippen LogP contribution in [0, 0.1) is 0 Å². The summed E-state index contributed by atoms with van der Waals surface area (Å²) in [5.41, 5.74) is 0. The van der Waals surface area contributed by atoms with E-state index in [0.29, 0.717) is 0 Å². The molecule has 0 spiro atoms. The van der Waals surface area contributed by atoms with E-state index in [-0.39, 0.29) is 0 Å². The van der Waals surface area contributed by atoms with Crippen molar-refractivity contribution in [2.75, 3.05) is 19.6 Å². The smallest absolute Gasteiger partial charge is 0.0364 e. The zero-order valence-corrected chi connectivity index (χ0v) is 7.62. The lowest BCUT2D eigenvalue weighted by Gasteiger charge is -2.33. The van der Waals surface area contributed by atoms with E-state index in [4.69, 9.17) is 0 Å². The second-order valence-corrected chi connectivity index (χ2v) is 2.50. The summed E-state index contributed by atoms with van der Waals surface area (Å²) >= 11 is 0. The van der Waals surface area contributed by atoms with Gasteiger partial charge in [-0.25, -0.2) is 0 Å². The lowest BCUT2D eigenvalue weighted by atomic mass is 10.7. The summed E-state index contributed by atoms with van der Waals surface area (Å²) < 4.78 is 0. The highest BCUT2D eigenvalue weighted by Crippen LogP contribution is 2.11. The minimum Gasteiger partial charge on any atom is -0.294 e. The fourth-order valence-electron chi connectivity index (χ4n) is 1.36. The van der Waals surface area contributed by atoms with E-state index >= 15 is 0 Å². The molecule has 1 rings (SSSR count). The first-order valence-corrected chi connectivity index (χ1v) is 4.32. The fraction of sp³-hybridized carbons (Fsp3) is 0.750. The Kier molecular flexibility index (Phi) is 2.76. The van der Waals surface area contributed by atoms with Crippen LogP contribution in [0.5, 0.6) is 0 Å². The Morgan fingerprint density at radius 3 is 1.55 bits per heavy atom. The second-order valence-electron chi connectivity index (χ2n) is 2.50. The molecule has 1 heterocycles. The highest BCUT2D eigenvalue weighted by molar-refractivity contribution is 4.86. The van der Waals surface area contributed by atoms with Gasteiger partial charge in [0.25, 0.3) is 0 Å². The van der Waals surface area contributed by atoms with E-state index in [9.17, 15) is 0 Å². The minimum absolute atomic E-state index is 1.04. The summed E-state index contributed by atoms with van der Waals surface area (Å²) in [6.45, 7) is 9.60. The van der Waals surface area contributed by atoms with Crippen molar-refractivity contribution in [2.24, 2.45) is 0 Å². The SMILES string of the molecule is CCN1C=CN(CC)N1CC. The maximum absolute atomic E-state index is 2.24. The van der Waals surface area contributed by atoms with Crippen molar-refractivity contribution in [3.8, 4) is 0 Å². The molecule has 64 valence electrons. The second kappa shape index (κ2) is 3.62. The lowest BCUT2D eigenvalue weighted by Crippen LogP contribution is -2.43. The highest BCUT2D eigenvalue weighted by Gasteiger charge is 2.18. The van der Waals surface area contributed by atoms with Crippen LogP contribution in [-0.4, -0.2) is 34.8 Å². The van der Waals surface area contributed by atoms with Crippen LogP contribution in [0.25, 0.3) is 0 Å². The van der Waals surface area contributed by atoms with Crippen LogP contribution in [-0.2, 0) is 0 Å². The van der Waals surface area contributed by atoms with Gasteiger partial charge in [-0.1, -0.05) is 0 Å². The summed E-state index contributed by atoms with van der Waals surface area (Å²) in [5.74, 6) is 0. The molecule has 1 aliphatic rings. The normalized spacial score (nSPS) is 18.5. The van der Waals surface area contributed by atoms with Crippen LogP contribution in [0.1, 0.15) is 20.8 Å². The third-order valence-corrected chi connectivity index (χ3v) is 1.93. The number of nitrogens with zero attached hydrogens (tertiary/aromatic N) is 3. The van der Waals surface area contributed by atoms with Crippen molar-refractivity contribution in [1.82, 2.24) is 15.1 Å². The Bertz CT molecular complexity index is 130. The molecule has 0 radical (unpaired) electrons. The quantitative estimate of drug-likeness (QED) is 0.607. The lowest BCUT2D eigenvalue weighted by molar-refractivity contribution is -0.0995. The largest absolute Gasteiger partial charge is 0.294 e. The average molecular weight is 155 g/mol. The number of rotatable bonds is 3. The molecule has 0 unspecified atom stereocenters. The molecule has 0 fully saturated rings. The minimum atomic E-state index is 1.04. The van der Waals surface area contributed by atoms with Gasteiger partial charge in [0.05, 0.1) is 0 Å². The van der Waals surface area contributed by atoms with E-state index in [1.165, 1.54) is 0 Å². The Labute approximate surface area is 68.8 Å². The van der Waals surface area contributed by atoms with Gasteiger partial charge in [-0.3, -0.25) is 10.0 Å². The summed E-state index contributed by atoms with van der Waals surface area (Å²) in [6.07, 6.45) is 4.24. The van der Waals surface area contributed by atoms with Crippen molar-refractivity contribution in [3.05, 3.63) is 12.4 Å². The zero-order valence-electron chi connectivity index (χ0n) is 7.62. The molecule has 3 heteroatoms. The number of hydrogen-bond acceptors (Lipinski definition) is 3. The first-order chi connectivity index (χ1) is 5.33. The summed E-state index contributed by atoms with van der Waals surface area (Å²) in [6, 6.07) is 0. The van der Waals surface area contributed by atoms with Gasteiger partial charge >= 0.3 is 0 Å². The van der Waals surface area contributed by atoms with E-state index in [1.54, 1.807) is 0 Å². The molecule has 0 aliphatic carbocycles. The molecule has 11 heavy (non-hydrogen) atoms. The van der Waals surface area contributed by atoms with Gasteiger partial charge in [0.1, 0.15) is 0 Å². The molecule has 0 saturated heterocycles. The molecule has 0 aromatic heterocycles. The molecule has 0 aromatic carbocycles. The molecule has 0 saturated carbocycles. The van der Waals surface area contributed by atoms with E-state index in [0.717, 1.165) is 19.6 Å². The highest BCUT2D eigenvalue weighted by atomic mass is 15.9. The third-order valence-electron chi connectivity index (χ3n) is 1.93. The molecule has 3 nitrogen and oxygen atoms in total. The van der Waals surface area contributed by atoms with Gasteiger partial charge in [0, 0.05) is 32.0 Å². The molecule has 1 aliphatic heterocycles. The predicted molar refractivity (Wildman–Crippen MR) is 46.3 cm³/mol. The van der Waals surface area contributed by atoms with E-state index in [2.05, 4.69) is 48.3 Å². The Balaban J connectivity index is 2.54. The van der Waals surface area contributed by atoms with Crippen LogP contribution < -0.4 is 0 Å². The Morgan fingerprint density at radius 1 is 0.818 bits per heavy atom. The van der Waals surface area contributed by atoms with Gasteiger partial charge in [-0.15, -0.1) is 5.12 Å². The van der Waals surface area contributed by atoms with Gasteiger partial charge in [-0.2, -0.15) is 0 Å². The fourth-order valence-corrected chi connectivity index (χ4v) is 1.36. The van der Waals surface area contributed by atoms with Gasteiger partial charge in [-0.05, 0) is 20.8 Å². The van der Waals surface area contributed by atoms with Gasteiger partial charge in [0.2, 0.25) is 0 Å². The Morgan fingerprint density at radius 2 is 1.27 bits per heavy atom. The summed E-state index contributed by atoms with van der Waals surface area (Å²) in [5, 5.41) is 6.66. The van der Waals surface area contributed by atoms with E-state index < -0.39 is 0 Å². The molecule has 0 bridgehead atoms. The topological polar surface area (TPSA) is 9.72 Å². The monoisotopic (exact) mass is 155 g/mol. The summed E-state index contributed by atoms with van der Waals surface area (Å²) in [7, 11) is 0. The molecular formula is C8H17N3.